The number of rotatable bonds is 5. The van der Waals surface area contributed by atoms with E-state index in [0.29, 0.717) is 18.5 Å². The van der Waals surface area contributed by atoms with Gasteiger partial charge in [0, 0.05) is 11.4 Å². The van der Waals surface area contributed by atoms with Gasteiger partial charge in [-0.2, -0.15) is 10.2 Å². The predicted octanol–water partition coefficient (Wildman–Crippen LogP) is 0.158. The molecular weight excluding hydrogens is 300 g/mol. The second kappa shape index (κ2) is 6.07. The van der Waals surface area contributed by atoms with Crippen LogP contribution in [0.4, 0.5) is 0 Å². The first kappa shape index (κ1) is 14.6. The Balaban J connectivity index is 1.88. The highest BCUT2D eigenvalue weighted by atomic mass is 32.2. The highest BCUT2D eigenvalue weighted by molar-refractivity contribution is 7.91. The number of nitrogens with one attached hydrogen (secondary N) is 1. The van der Waals surface area contributed by atoms with Gasteiger partial charge in [-0.25, -0.2) is 13.6 Å². The van der Waals surface area contributed by atoms with Crippen molar-refractivity contribution < 1.29 is 13.2 Å². The van der Waals surface area contributed by atoms with E-state index < -0.39 is 10.0 Å². The first-order valence-electron chi connectivity index (χ1n) is 5.63. The number of hydrogen-bond donors (Lipinski definition) is 2. The highest BCUT2D eigenvalue weighted by Crippen LogP contribution is 2.20. The van der Waals surface area contributed by atoms with E-state index in [9.17, 15) is 13.2 Å². The number of hydrogen-bond acceptors (Lipinski definition) is 6. The van der Waals surface area contributed by atoms with E-state index in [1.54, 1.807) is 12.1 Å². The minimum atomic E-state index is -3.65. The maximum atomic E-state index is 11.7. The average molecular weight is 312 g/mol. The van der Waals surface area contributed by atoms with Crippen LogP contribution in [0.2, 0.25) is 0 Å². The first-order valence-corrected chi connectivity index (χ1v) is 7.99. The zero-order chi connectivity index (χ0) is 14.6. The monoisotopic (exact) mass is 312 g/mol. The van der Waals surface area contributed by atoms with Crippen molar-refractivity contribution in [2.24, 2.45) is 5.14 Å². The number of sulfonamides is 1. The molecule has 2 rings (SSSR count). The number of carbonyl (C=O) groups excluding carboxylic acids is 1. The van der Waals surface area contributed by atoms with Crippen LogP contribution in [0.3, 0.4) is 0 Å². The lowest BCUT2D eigenvalue weighted by atomic mass is 10.3. The Kier molecular flexibility index (Phi) is 4.42. The lowest BCUT2D eigenvalue weighted by Crippen LogP contribution is -2.25. The zero-order valence-corrected chi connectivity index (χ0v) is 11.9. The van der Waals surface area contributed by atoms with Crippen LogP contribution in [-0.2, 0) is 16.4 Å². The smallest absolute Gasteiger partial charge is 0.252 e. The fraction of sp³-hybridized carbons (Fsp3) is 0.182. The number of aromatic nitrogens is 2. The SMILES string of the molecule is NS(=O)(=O)c1ccc(CCNC(=O)c2ccnnc2)s1. The summed E-state index contributed by atoms with van der Waals surface area (Å²) < 4.78 is 22.4. The normalized spacial score (nSPS) is 11.2. The summed E-state index contributed by atoms with van der Waals surface area (Å²) in [5.41, 5.74) is 0.427. The minimum absolute atomic E-state index is 0.122. The van der Waals surface area contributed by atoms with Crippen molar-refractivity contribution in [2.45, 2.75) is 10.6 Å². The Morgan fingerprint density at radius 3 is 2.70 bits per heavy atom. The molecule has 0 saturated carbocycles. The van der Waals surface area contributed by atoms with Crippen LogP contribution in [-0.4, -0.2) is 31.1 Å². The van der Waals surface area contributed by atoms with Gasteiger partial charge in [-0.1, -0.05) is 0 Å². The van der Waals surface area contributed by atoms with Crippen molar-refractivity contribution in [2.75, 3.05) is 6.54 Å². The van der Waals surface area contributed by atoms with E-state index in [4.69, 9.17) is 5.14 Å². The van der Waals surface area contributed by atoms with Crippen molar-refractivity contribution in [1.82, 2.24) is 15.5 Å². The molecule has 0 aliphatic rings. The fourth-order valence-corrected chi connectivity index (χ4v) is 3.25. The third-order valence-corrected chi connectivity index (χ3v) is 5.00. The molecule has 0 saturated heterocycles. The minimum Gasteiger partial charge on any atom is -0.352 e. The van der Waals surface area contributed by atoms with Crippen molar-refractivity contribution >= 4 is 27.3 Å². The number of thiophene rings is 1. The van der Waals surface area contributed by atoms with E-state index in [0.717, 1.165) is 16.2 Å². The molecular formula is C11H12N4O3S2. The lowest BCUT2D eigenvalue weighted by molar-refractivity contribution is 0.0953. The fourth-order valence-electron chi connectivity index (χ4n) is 1.47. The summed E-state index contributed by atoms with van der Waals surface area (Å²) in [7, 11) is -3.65. The molecule has 0 unspecified atom stereocenters. The summed E-state index contributed by atoms with van der Waals surface area (Å²) >= 11 is 1.10. The Morgan fingerprint density at radius 2 is 2.10 bits per heavy atom. The maximum Gasteiger partial charge on any atom is 0.252 e. The molecule has 9 heteroatoms. The number of nitrogens with two attached hydrogens (primary N) is 1. The standard InChI is InChI=1S/C11H12N4O3S2/c12-20(17,18)10-2-1-9(19-10)4-5-13-11(16)8-3-6-14-15-7-8/h1-3,6-7H,4-5H2,(H,13,16)(H2,12,17,18). The van der Waals surface area contributed by atoms with Crippen LogP contribution in [0.15, 0.2) is 34.8 Å². The van der Waals surface area contributed by atoms with Crippen LogP contribution >= 0.6 is 11.3 Å². The third kappa shape index (κ3) is 3.83. The van der Waals surface area contributed by atoms with Crippen LogP contribution in [0.5, 0.6) is 0 Å². The Bertz CT molecular complexity index is 697. The van der Waals surface area contributed by atoms with Gasteiger partial charge in [0.15, 0.2) is 0 Å². The third-order valence-electron chi connectivity index (χ3n) is 2.42. The summed E-state index contributed by atoms with van der Waals surface area (Å²) in [5, 5.41) is 14.9. The molecule has 20 heavy (non-hydrogen) atoms. The second-order valence-electron chi connectivity index (χ2n) is 3.90. The molecule has 0 atom stereocenters. The van der Waals surface area contributed by atoms with Crippen molar-refractivity contribution in [3.05, 3.63) is 41.0 Å². The molecule has 2 heterocycles. The van der Waals surface area contributed by atoms with Crippen molar-refractivity contribution in [3.63, 3.8) is 0 Å². The molecule has 7 nitrogen and oxygen atoms in total. The van der Waals surface area contributed by atoms with Gasteiger partial charge in [0.2, 0.25) is 10.0 Å². The quantitative estimate of drug-likeness (QED) is 0.816. The first-order chi connectivity index (χ1) is 9.47. The lowest BCUT2D eigenvalue weighted by Gasteiger charge is -2.03. The number of nitrogens with zero attached hydrogens (tertiary/aromatic N) is 2. The predicted molar refractivity (Wildman–Crippen MR) is 73.8 cm³/mol. The second-order valence-corrected chi connectivity index (χ2v) is 6.86. The van der Waals surface area contributed by atoms with Crippen molar-refractivity contribution in [3.8, 4) is 0 Å². The number of carbonyl (C=O) groups is 1. The molecule has 0 aromatic carbocycles. The molecule has 2 aromatic rings. The summed E-state index contributed by atoms with van der Waals surface area (Å²) in [5.74, 6) is -0.247. The molecule has 0 aliphatic heterocycles. The van der Waals surface area contributed by atoms with Crippen molar-refractivity contribution in [1.29, 1.82) is 0 Å². The van der Waals surface area contributed by atoms with Gasteiger partial charge in [-0.3, -0.25) is 4.79 Å². The van der Waals surface area contributed by atoms with Crippen LogP contribution in [0.25, 0.3) is 0 Å². The van der Waals surface area contributed by atoms with Crippen LogP contribution in [0.1, 0.15) is 15.2 Å². The van der Waals surface area contributed by atoms with Gasteiger partial charge in [-0.05, 0) is 24.6 Å². The summed E-state index contributed by atoms with van der Waals surface area (Å²) in [6.07, 6.45) is 3.34. The molecule has 1 amide bonds. The number of amides is 1. The molecule has 2 aromatic heterocycles. The van der Waals surface area contributed by atoms with E-state index in [1.807, 2.05) is 0 Å². The van der Waals surface area contributed by atoms with Gasteiger partial charge in [0.05, 0.1) is 18.0 Å². The molecule has 0 bridgehead atoms. The topological polar surface area (TPSA) is 115 Å². The maximum absolute atomic E-state index is 11.7. The molecule has 3 N–H and O–H groups in total. The summed E-state index contributed by atoms with van der Waals surface area (Å²) in [6, 6.07) is 4.71. The zero-order valence-electron chi connectivity index (χ0n) is 10.3. The highest BCUT2D eigenvalue weighted by Gasteiger charge is 2.11. The van der Waals surface area contributed by atoms with Gasteiger partial charge in [0.1, 0.15) is 4.21 Å². The number of primary sulfonamides is 1. The van der Waals surface area contributed by atoms with E-state index >= 15 is 0 Å². The van der Waals surface area contributed by atoms with E-state index in [-0.39, 0.29) is 10.1 Å². The van der Waals surface area contributed by atoms with Gasteiger partial charge < -0.3 is 5.32 Å². The van der Waals surface area contributed by atoms with E-state index in [1.165, 1.54) is 18.5 Å². The van der Waals surface area contributed by atoms with Gasteiger partial charge in [-0.15, -0.1) is 11.3 Å². The Morgan fingerprint density at radius 1 is 1.30 bits per heavy atom. The molecule has 106 valence electrons. The molecule has 0 aliphatic carbocycles. The largest absolute Gasteiger partial charge is 0.352 e. The summed E-state index contributed by atoms with van der Waals surface area (Å²) in [6.45, 7) is 0.395. The molecule has 0 radical (unpaired) electrons. The molecule has 0 spiro atoms. The van der Waals surface area contributed by atoms with E-state index in [2.05, 4.69) is 15.5 Å². The Hall–Kier alpha value is -1.84. The molecule has 0 fully saturated rings. The van der Waals surface area contributed by atoms with Gasteiger partial charge >= 0.3 is 0 Å². The van der Waals surface area contributed by atoms with Gasteiger partial charge in [0.25, 0.3) is 5.91 Å². The summed E-state index contributed by atoms with van der Waals surface area (Å²) in [4.78, 5) is 12.5. The van der Waals surface area contributed by atoms with Crippen LogP contribution < -0.4 is 10.5 Å². The average Bonchev–Trinajstić information content (AvgIpc) is 2.88. The Labute approximate surface area is 119 Å². The van der Waals surface area contributed by atoms with Crippen LogP contribution in [0, 0.1) is 0 Å².